The maximum absolute atomic E-state index is 12.2. The first-order valence-electron chi connectivity index (χ1n) is 5.68. The van der Waals surface area contributed by atoms with Gasteiger partial charge in [-0.15, -0.1) is 11.3 Å². The van der Waals surface area contributed by atoms with E-state index in [1.165, 1.54) is 0 Å². The Hall–Kier alpha value is -1.34. The summed E-state index contributed by atoms with van der Waals surface area (Å²) in [6.45, 7) is 5.78. The molecule has 3 nitrogen and oxygen atoms in total. The van der Waals surface area contributed by atoms with Gasteiger partial charge in [0.05, 0.1) is 12.1 Å². The number of nitrogens with zero attached hydrogens (tertiary/aromatic N) is 2. The number of thiophene rings is 1. The van der Waals surface area contributed by atoms with Crippen LogP contribution in [0.2, 0.25) is 0 Å². The molecule has 0 aromatic carbocycles. The van der Waals surface area contributed by atoms with Gasteiger partial charge in [-0.3, -0.25) is 4.79 Å². The molecule has 0 saturated heterocycles. The lowest BCUT2D eigenvalue weighted by Gasteiger charge is -2.27. The van der Waals surface area contributed by atoms with Crippen molar-refractivity contribution in [2.45, 2.75) is 26.8 Å². The average molecular weight is 250 g/mol. The molecule has 2 unspecified atom stereocenters. The summed E-state index contributed by atoms with van der Waals surface area (Å²) in [4.78, 5) is 15.0. The molecule has 0 aliphatic carbocycles. The Balaban J connectivity index is 2.80. The minimum atomic E-state index is -0.553. The van der Waals surface area contributed by atoms with E-state index in [4.69, 9.17) is 5.26 Å². The van der Waals surface area contributed by atoms with Crippen molar-refractivity contribution in [3.63, 3.8) is 0 Å². The molecule has 0 radical (unpaired) electrons. The smallest absolute Gasteiger partial charge is 0.240 e. The van der Waals surface area contributed by atoms with Crippen LogP contribution in [0.4, 0.5) is 0 Å². The number of hydrogen-bond acceptors (Lipinski definition) is 3. The summed E-state index contributed by atoms with van der Waals surface area (Å²) in [7, 11) is 1.76. The molecular formula is C13H18N2OS. The summed E-state index contributed by atoms with van der Waals surface area (Å²) in [5.41, 5.74) is 0. The van der Waals surface area contributed by atoms with E-state index in [1.54, 1.807) is 23.3 Å². The van der Waals surface area contributed by atoms with Crippen LogP contribution in [-0.2, 0) is 4.79 Å². The van der Waals surface area contributed by atoms with E-state index in [-0.39, 0.29) is 17.9 Å². The SMILES string of the molecule is CC(C)C(C#N)C(=O)N(C)C(C)c1cccs1. The second kappa shape index (κ2) is 5.83. The van der Waals surface area contributed by atoms with Gasteiger partial charge in [-0.2, -0.15) is 5.26 Å². The van der Waals surface area contributed by atoms with Gasteiger partial charge in [0, 0.05) is 11.9 Å². The van der Waals surface area contributed by atoms with Crippen molar-refractivity contribution in [2.24, 2.45) is 11.8 Å². The lowest BCUT2D eigenvalue weighted by Crippen LogP contribution is -2.36. The molecule has 0 fully saturated rings. The fraction of sp³-hybridized carbons (Fsp3) is 0.538. The number of carbonyl (C=O) groups is 1. The summed E-state index contributed by atoms with van der Waals surface area (Å²) in [6, 6.07) is 6.10. The molecule has 0 N–H and O–H groups in total. The van der Waals surface area contributed by atoms with Crippen LogP contribution in [0, 0.1) is 23.2 Å². The van der Waals surface area contributed by atoms with Gasteiger partial charge < -0.3 is 4.90 Å². The third-order valence-electron chi connectivity index (χ3n) is 2.96. The van der Waals surface area contributed by atoms with Gasteiger partial charge in [0.2, 0.25) is 5.91 Å². The Bertz CT molecular complexity index is 406. The van der Waals surface area contributed by atoms with Gasteiger partial charge in [-0.25, -0.2) is 0 Å². The zero-order chi connectivity index (χ0) is 13.0. The number of nitriles is 1. The first-order chi connectivity index (χ1) is 7.99. The van der Waals surface area contributed by atoms with E-state index in [0.717, 1.165) is 4.88 Å². The zero-order valence-electron chi connectivity index (χ0n) is 10.7. The van der Waals surface area contributed by atoms with Crippen LogP contribution in [-0.4, -0.2) is 17.9 Å². The third kappa shape index (κ3) is 3.07. The largest absolute Gasteiger partial charge is 0.337 e. The van der Waals surface area contributed by atoms with Gasteiger partial charge in [0.15, 0.2) is 0 Å². The lowest BCUT2D eigenvalue weighted by molar-refractivity contribution is -0.135. The fourth-order valence-electron chi connectivity index (χ4n) is 1.62. The molecule has 1 aromatic rings. The highest BCUT2D eigenvalue weighted by Gasteiger charge is 2.28. The summed E-state index contributed by atoms with van der Waals surface area (Å²) in [5, 5.41) is 11.0. The normalized spacial score (nSPS) is 14.1. The van der Waals surface area contributed by atoms with Crippen LogP contribution >= 0.6 is 11.3 Å². The van der Waals surface area contributed by atoms with Crippen molar-refractivity contribution < 1.29 is 4.79 Å². The van der Waals surface area contributed by atoms with Crippen molar-refractivity contribution in [1.29, 1.82) is 5.26 Å². The van der Waals surface area contributed by atoms with Crippen molar-refractivity contribution in [2.75, 3.05) is 7.05 Å². The van der Waals surface area contributed by atoms with Gasteiger partial charge in [-0.05, 0) is 24.3 Å². The predicted molar refractivity (Wildman–Crippen MR) is 69.4 cm³/mol. The molecule has 1 amide bonds. The first kappa shape index (κ1) is 13.7. The monoisotopic (exact) mass is 250 g/mol. The average Bonchev–Trinajstić information content (AvgIpc) is 2.80. The van der Waals surface area contributed by atoms with Crippen molar-refractivity contribution in [3.8, 4) is 6.07 Å². The Morgan fingerprint density at radius 1 is 1.47 bits per heavy atom. The molecule has 0 bridgehead atoms. The maximum atomic E-state index is 12.2. The van der Waals surface area contributed by atoms with E-state index < -0.39 is 5.92 Å². The molecule has 4 heteroatoms. The van der Waals surface area contributed by atoms with Crippen LogP contribution in [0.1, 0.15) is 31.7 Å². The fourth-order valence-corrected chi connectivity index (χ4v) is 2.45. The Morgan fingerprint density at radius 2 is 2.12 bits per heavy atom. The number of hydrogen-bond donors (Lipinski definition) is 0. The van der Waals surface area contributed by atoms with Crippen LogP contribution in [0.5, 0.6) is 0 Å². The summed E-state index contributed by atoms with van der Waals surface area (Å²) >= 11 is 1.63. The van der Waals surface area contributed by atoms with Crippen molar-refractivity contribution in [3.05, 3.63) is 22.4 Å². The van der Waals surface area contributed by atoms with E-state index in [2.05, 4.69) is 6.07 Å². The molecule has 0 aliphatic rings. The minimum Gasteiger partial charge on any atom is -0.337 e. The zero-order valence-corrected chi connectivity index (χ0v) is 11.5. The highest BCUT2D eigenvalue weighted by molar-refractivity contribution is 7.10. The molecule has 1 heterocycles. The third-order valence-corrected chi connectivity index (χ3v) is 4.00. The summed E-state index contributed by atoms with van der Waals surface area (Å²) < 4.78 is 0. The Kier molecular flexibility index (Phi) is 4.71. The van der Waals surface area contributed by atoms with Gasteiger partial charge in [-0.1, -0.05) is 19.9 Å². The molecule has 0 saturated carbocycles. The van der Waals surface area contributed by atoms with E-state index in [0.29, 0.717) is 0 Å². The summed E-state index contributed by atoms with van der Waals surface area (Å²) in [5.74, 6) is -0.601. The molecule has 92 valence electrons. The van der Waals surface area contributed by atoms with Crippen LogP contribution < -0.4 is 0 Å². The molecule has 1 aromatic heterocycles. The van der Waals surface area contributed by atoms with E-state index in [1.807, 2.05) is 38.3 Å². The second-order valence-corrected chi connectivity index (χ2v) is 5.47. The van der Waals surface area contributed by atoms with Gasteiger partial charge >= 0.3 is 0 Å². The predicted octanol–water partition coefficient (Wildman–Crippen LogP) is 3.06. The Labute approximate surface area is 107 Å². The van der Waals surface area contributed by atoms with Crippen molar-refractivity contribution >= 4 is 17.2 Å². The quantitative estimate of drug-likeness (QED) is 0.824. The highest BCUT2D eigenvalue weighted by Crippen LogP contribution is 2.25. The molecule has 0 aliphatic heterocycles. The minimum absolute atomic E-state index is 0.0251. The maximum Gasteiger partial charge on any atom is 0.240 e. The van der Waals surface area contributed by atoms with Gasteiger partial charge in [0.1, 0.15) is 5.92 Å². The lowest BCUT2D eigenvalue weighted by atomic mass is 9.95. The number of rotatable bonds is 4. The first-order valence-corrected chi connectivity index (χ1v) is 6.56. The highest BCUT2D eigenvalue weighted by atomic mass is 32.1. The van der Waals surface area contributed by atoms with Crippen LogP contribution in [0.25, 0.3) is 0 Å². The van der Waals surface area contributed by atoms with Crippen molar-refractivity contribution in [1.82, 2.24) is 4.90 Å². The van der Waals surface area contributed by atoms with Gasteiger partial charge in [0.25, 0.3) is 0 Å². The molecular weight excluding hydrogens is 232 g/mol. The Morgan fingerprint density at radius 3 is 2.53 bits per heavy atom. The molecule has 17 heavy (non-hydrogen) atoms. The molecule has 1 rings (SSSR count). The standard InChI is InChI=1S/C13H18N2OS/c1-9(2)11(8-14)13(16)15(4)10(3)12-6-5-7-17-12/h5-7,9-11H,1-4H3. The van der Waals surface area contributed by atoms with Crippen LogP contribution in [0.3, 0.4) is 0 Å². The summed E-state index contributed by atoms with van der Waals surface area (Å²) in [6.07, 6.45) is 0. The second-order valence-electron chi connectivity index (χ2n) is 4.49. The molecule has 2 atom stereocenters. The van der Waals surface area contributed by atoms with E-state index in [9.17, 15) is 4.79 Å². The molecule has 0 spiro atoms. The number of amides is 1. The van der Waals surface area contributed by atoms with Crippen LogP contribution in [0.15, 0.2) is 17.5 Å². The number of carbonyl (C=O) groups excluding carboxylic acids is 1. The topological polar surface area (TPSA) is 44.1 Å². The van der Waals surface area contributed by atoms with E-state index >= 15 is 0 Å².